The minimum Gasteiger partial charge on any atom is -0.454 e. The van der Waals surface area contributed by atoms with E-state index in [4.69, 9.17) is 9.47 Å². The highest BCUT2D eigenvalue weighted by atomic mass is 16.7. The molecule has 1 heterocycles. The average Bonchev–Trinajstić information content (AvgIpc) is 3.01. The van der Waals surface area contributed by atoms with Crippen LogP contribution in [0.25, 0.3) is 0 Å². The van der Waals surface area contributed by atoms with Crippen molar-refractivity contribution in [3.63, 3.8) is 0 Å². The number of hydrogen-bond acceptors (Lipinski definition) is 3. The van der Waals surface area contributed by atoms with E-state index < -0.39 is 0 Å². The van der Waals surface area contributed by atoms with Crippen molar-refractivity contribution in [2.24, 2.45) is 5.92 Å². The van der Waals surface area contributed by atoms with Crippen LogP contribution >= 0.6 is 0 Å². The highest BCUT2D eigenvalue weighted by Gasteiger charge is 2.25. The van der Waals surface area contributed by atoms with Crippen LogP contribution in [-0.4, -0.2) is 19.2 Å². The number of hydrogen-bond donors (Lipinski definition) is 1. The molecule has 16 heavy (non-hydrogen) atoms. The molecular weight excluding hydrogens is 206 g/mol. The molecule has 0 aromatic heterocycles. The van der Waals surface area contributed by atoms with Crippen LogP contribution in [0.3, 0.4) is 0 Å². The van der Waals surface area contributed by atoms with Crippen molar-refractivity contribution in [2.75, 3.05) is 13.3 Å². The molecule has 1 N–H and O–H groups in total. The van der Waals surface area contributed by atoms with E-state index in [2.05, 4.69) is 5.32 Å². The van der Waals surface area contributed by atoms with Gasteiger partial charge in [0.2, 0.25) is 6.79 Å². The summed E-state index contributed by atoms with van der Waals surface area (Å²) in [4.78, 5) is 11.9. The Kier molecular flexibility index (Phi) is 2.20. The van der Waals surface area contributed by atoms with Crippen LogP contribution in [0.15, 0.2) is 18.2 Å². The molecule has 1 saturated carbocycles. The Labute approximate surface area is 93.5 Å². The van der Waals surface area contributed by atoms with Crippen molar-refractivity contribution in [1.82, 2.24) is 5.32 Å². The monoisotopic (exact) mass is 219 g/mol. The highest BCUT2D eigenvalue weighted by Crippen LogP contribution is 2.35. The van der Waals surface area contributed by atoms with E-state index in [9.17, 15) is 4.79 Å². The highest BCUT2D eigenvalue weighted by molar-refractivity contribution is 5.97. The fraction of sp³-hybridized carbons (Fsp3) is 0.417. The first-order valence-corrected chi connectivity index (χ1v) is 5.51. The molecular formula is C12H13NO3. The van der Waals surface area contributed by atoms with Gasteiger partial charge in [0.15, 0.2) is 11.5 Å². The van der Waals surface area contributed by atoms with E-state index in [1.807, 2.05) is 0 Å². The van der Waals surface area contributed by atoms with E-state index in [0.29, 0.717) is 23.0 Å². The van der Waals surface area contributed by atoms with Gasteiger partial charge < -0.3 is 14.8 Å². The van der Waals surface area contributed by atoms with Gasteiger partial charge in [-0.25, -0.2) is 0 Å². The third-order valence-electron chi connectivity index (χ3n) is 2.89. The summed E-state index contributed by atoms with van der Waals surface area (Å²) < 4.78 is 10.5. The SMILES string of the molecule is O=C(NCC1CC1)c1cccc2c1OCO2. The van der Waals surface area contributed by atoms with Gasteiger partial charge >= 0.3 is 0 Å². The van der Waals surface area contributed by atoms with E-state index in [0.717, 1.165) is 6.54 Å². The number of nitrogens with one attached hydrogen (secondary N) is 1. The largest absolute Gasteiger partial charge is 0.454 e. The molecule has 0 bridgehead atoms. The van der Waals surface area contributed by atoms with Gasteiger partial charge in [0.05, 0.1) is 5.56 Å². The molecule has 0 unspecified atom stereocenters. The van der Waals surface area contributed by atoms with Crippen LogP contribution in [0, 0.1) is 5.92 Å². The van der Waals surface area contributed by atoms with Crippen molar-refractivity contribution >= 4 is 5.91 Å². The van der Waals surface area contributed by atoms with Crippen LogP contribution in [0.1, 0.15) is 23.2 Å². The van der Waals surface area contributed by atoms with E-state index >= 15 is 0 Å². The summed E-state index contributed by atoms with van der Waals surface area (Å²) >= 11 is 0. The lowest BCUT2D eigenvalue weighted by Gasteiger charge is -2.06. The smallest absolute Gasteiger partial charge is 0.255 e. The van der Waals surface area contributed by atoms with Crippen LogP contribution in [0.5, 0.6) is 11.5 Å². The van der Waals surface area contributed by atoms with Crippen LogP contribution in [0.4, 0.5) is 0 Å². The third-order valence-corrected chi connectivity index (χ3v) is 2.89. The summed E-state index contributed by atoms with van der Waals surface area (Å²) in [6.07, 6.45) is 2.46. The van der Waals surface area contributed by atoms with Crippen molar-refractivity contribution < 1.29 is 14.3 Å². The molecule has 0 spiro atoms. The van der Waals surface area contributed by atoms with Gasteiger partial charge in [0.1, 0.15) is 0 Å². The number of carbonyl (C=O) groups is 1. The Bertz CT molecular complexity index is 426. The molecule has 1 aromatic carbocycles. The Hall–Kier alpha value is -1.71. The van der Waals surface area contributed by atoms with Gasteiger partial charge in [0.25, 0.3) is 5.91 Å². The lowest BCUT2D eigenvalue weighted by atomic mass is 10.1. The summed E-state index contributed by atoms with van der Waals surface area (Å²) in [6.45, 7) is 0.964. The summed E-state index contributed by atoms with van der Waals surface area (Å²) in [5.74, 6) is 1.82. The van der Waals surface area contributed by atoms with E-state index in [-0.39, 0.29) is 12.7 Å². The number of para-hydroxylation sites is 1. The molecule has 1 aliphatic heterocycles. The van der Waals surface area contributed by atoms with Crippen molar-refractivity contribution in [1.29, 1.82) is 0 Å². The van der Waals surface area contributed by atoms with E-state index in [1.165, 1.54) is 12.8 Å². The predicted octanol–water partition coefficient (Wildman–Crippen LogP) is 1.56. The molecule has 0 radical (unpaired) electrons. The minimum atomic E-state index is -0.0748. The summed E-state index contributed by atoms with van der Waals surface area (Å²) in [6, 6.07) is 5.37. The molecule has 84 valence electrons. The number of ether oxygens (including phenoxy) is 2. The number of benzene rings is 1. The zero-order valence-corrected chi connectivity index (χ0v) is 8.86. The summed E-state index contributed by atoms with van der Waals surface area (Å²) in [5, 5.41) is 2.92. The lowest BCUT2D eigenvalue weighted by Crippen LogP contribution is -2.25. The fourth-order valence-corrected chi connectivity index (χ4v) is 1.76. The topological polar surface area (TPSA) is 47.6 Å². The van der Waals surface area contributed by atoms with Gasteiger partial charge in [-0.2, -0.15) is 0 Å². The Morgan fingerprint density at radius 3 is 3.06 bits per heavy atom. The van der Waals surface area contributed by atoms with E-state index in [1.54, 1.807) is 18.2 Å². The Morgan fingerprint density at radius 1 is 1.38 bits per heavy atom. The number of rotatable bonds is 3. The number of amides is 1. The van der Waals surface area contributed by atoms with Crippen LogP contribution in [-0.2, 0) is 0 Å². The average molecular weight is 219 g/mol. The molecule has 3 rings (SSSR count). The zero-order chi connectivity index (χ0) is 11.0. The Balaban J connectivity index is 1.77. The molecule has 1 aromatic rings. The second-order valence-electron chi connectivity index (χ2n) is 4.19. The Morgan fingerprint density at radius 2 is 2.25 bits per heavy atom. The predicted molar refractivity (Wildman–Crippen MR) is 57.6 cm³/mol. The third kappa shape index (κ3) is 1.71. The normalized spacial score (nSPS) is 17.2. The van der Waals surface area contributed by atoms with Crippen molar-refractivity contribution in [3.05, 3.63) is 23.8 Å². The lowest BCUT2D eigenvalue weighted by molar-refractivity contribution is 0.0947. The summed E-state index contributed by atoms with van der Waals surface area (Å²) in [7, 11) is 0. The van der Waals surface area contributed by atoms with Gasteiger partial charge in [0, 0.05) is 6.54 Å². The number of carbonyl (C=O) groups excluding carboxylic acids is 1. The minimum absolute atomic E-state index is 0.0748. The summed E-state index contributed by atoms with van der Waals surface area (Å²) in [5.41, 5.74) is 0.565. The molecule has 1 aliphatic carbocycles. The second kappa shape index (κ2) is 3.70. The number of fused-ring (bicyclic) bond motifs is 1. The first-order valence-electron chi connectivity index (χ1n) is 5.51. The fourth-order valence-electron chi connectivity index (χ4n) is 1.76. The molecule has 0 atom stereocenters. The molecule has 2 aliphatic rings. The molecule has 1 amide bonds. The van der Waals surface area contributed by atoms with Gasteiger partial charge in [-0.3, -0.25) is 4.79 Å². The van der Waals surface area contributed by atoms with Gasteiger partial charge in [-0.05, 0) is 30.9 Å². The molecule has 0 saturated heterocycles. The molecule has 1 fully saturated rings. The standard InChI is InChI=1S/C12H13NO3/c14-12(13-6-8-4-5-8)9-2-1-3-10-11(9)16-7-15-10/h1-3,8H,4-7H2,(H,13,14). The van der Waals surface area contributed by atoms with Gasteiger partial charge in [-0.1, -0.05) is 6.07 Å². The molecule has 4 nitrogen and oxygen atoms in total. The first kappa shape index (κ1) is 9.51. The van der Waals surface area contributed by atoms with Crippen molar-refractivity contribution in [3.8, 4) is 11.5 Å². The second-order valence-corrected chi connectivity index (χ2v) is 4.19. The van der Waals surface area contributed by atoms with Crippen molar-refractivity contribution in [2.45, 2.75) is 12.8 Å². The molecule has 4 heteroatoms. The quantitative estimate of drug-likeness (QED) is 0.839. The van der Waals surface area contributed by atoms with Crippen LogP contribution < -0.4 is 14.8 Å². The first-order chi connectivity index (χ1) is 7.84. The zero-order valence-electron chi connectivity index (χ0n) is 8.86. The maximum absolute atomic E-state index is 11.9. The van der Waals surface area contributed by atoms with Crippen LogP contribution in [0.2, 0.25) is 0 Å². The maximum atomic E-state index is 11.9. The van der Waals surface area contributed by atoms with Gasteiger partial charge in [-0.15, -0.1) is 0 Å². The maximum Gasteiger partial charge on any atom is 0.255 e.